The van der Waals surface area contributed by atoms with Crippen LogP contribution < -0.4 is 10.0 Å². The summed E-state index contributed by atoms with van der Waals surface area (Å²) in [6.07, 6.45) is 4.57. The molecule has 1 aromatic carbocycles. The van der Waals surface area contributed by atoms with Crippen molar-refractivity contribution >= 4 is 38.9 Å². The van der Waals surface area contributed by atoms with E-state index in [1.165, 1.54) is 12.1 Å². The van der Waals surface area contributed by atoms with Crippen LogP contribution in [0.2, 0.25) is 10.0 Å². The normalized spacial score (nSPS) is 21.1. The van der Waals surface area contributed by atoms with Gasteiger partial charge in [0.1, 0.15) is 10.6 Å². The van der Waals surface area contributed by atoms with Crippen molar-refractivity contribution in [2.45, 2.75) is 49.6 Å². The molecule has 29 heavy (non-hydrogen) atoms. The highest BCUT2D eigenvalue weighted by atomic mass is 35.5. The summed E-state index contributed by atoms with van der Waals surface area (Å²) in [5, 5.41) is 11.2. The average Bonchev–Trinajstić information content (AvgIpc) is 3.07. The maximum Gasteiger partial charge on any atom is 0.243 e. The van der Waals surface area contributed by atoms with Crippen LogP contribution in [-0.2, 0) is 21.8 Å². The Balaban J connectivity index is 1.75. The number of halogens is 2. The highest BCUT2D eigenvalue weighted by molar-refractivity contribution is 7.89. The summed E-state index contributed by atoms with van der Waals surface area (Å²) in [6.45, 7) is 4.59. The van der Waals surface area contributed by atoms with Crippen molar-refractivity contribution in [2.75, 3.05) is 18.5 Å². The van der Waals surface area contributed by atoms with Crippen LogP contribution in [0, 0.1) is 0 Å². The molecular weight excluding hydrogens is 437 g/mol. The van der Waals surface area contributed by atoms with Gasteiger partial charge >= 0.3 is 0 Å². The third-order valence-electron chi connectivity index (χ3n) is 4.90. The Kier molecular flexibility index (Phi) is 6.74. The van der Waals surface area contributed by atoms with Gasteiger partial charge in [-0.3, -0.25) is 4.68 Å². The molecular formula is C18H25Cl2N5O3S. The second kappa shape index (κ2) is 8.77. The molecule has 2 heterocycles. The van der Waals surface area contributed by atoms with Crippen LogP contribution >= 0.6 is 23.2 Å². The molecule has 0 saturated carbocycles. The largest absolute Gasteiger partial charge is 0.377 e. The van der Waals surface area contributed by atoms with E-state index in [2.05, 4.69) is 20.4 Å². The molecule has 2 atom stereocenters. The number of aromatic nitrogens is 3. The zero-order valence-corrected chi connectivity index (χ0v) is 18.9. The molecule has 0 amide bonds. The van der Waals surface area contributed by atoms with Crippen molar-refractivity contribution in [3.8, 4) is 0 Å². The predicted octanol–water partition coefficient (Wildman–Crippen LogP) is 3.53. The number of nitrogens with zero attached hydrogens (tertiary/aromatic N) is 3. The van der Waals surface area contributed by atoms with Gasteiger partial charge in [-0.1, -0.05) is 28.4 Å². The lowest BCUT2D eigenvalue weighted by Crippen LogP contribution is -2.44. The number of nitrogens with one attached hydrogen (secondary N) is 2. The first kappa shape index (κ1) is 22.3. The molecule has 1 fully saturated rings. The van der Waals surface area contributed by atoms with E-state index >= 15 is 0 Å². The van der Waals surface area contributed by atoms with Crippen LogP contribution in [0.15, 0.2) is 23.2 Å². The Hall–Kier alpha value is -1.39. The summed E-state index contributed by atoms with van der Waals surface area (Å²) in [4.78, 5) is -0.141. The zero-order chi connectivity index (χ0) is 21.2. The molecule has 1 aliphatic rings. The standard InChI is InChI=1S/C18H25Cl2N5O3S/c1-12(16-10-25(3)24-23-16)22-13-8-14(19)17(15(20)9-13)29(26,27)21-11-18(2)6-4-5-7-28-18/h8-10,12,21-22H,4-7,11H2,1-3H3. The highest BCUT2D eigenvalue weighted by Gasteiger charge is 2.31. The molecule has 1 aliphatic heterocycles. The summed E-state index contributed by atoms with van der Waals surface area (Å²) in [7, 11) is -2.12. The van der Waals surface area contributed by atoms with Gasteiger partial charge in [-0.25, -0.2) is 13.1 Å². The van der Waals surface area contributed by atoms with Crippen molar-refractivity contribution in [1.82, 2.24) is 19.7 Å². The van der Waals surface area contributed by atoms with E-state index in [1.807, 2.05) is 13.8 Å². The predicted molar refractivity (Wildman–Crippen MR) is 113 cm³/mol. The molecule has 2 N–H and O–H groups in total. The Morgan fingerprint density at radius 2 is 2.00 bits per heavy atom. The average molecular weight is 462 g/mol. The molecule has 2 aromatic rings. The summed E-state index contributed by atoms with van der Waals surface area (Å²) in [6, 6.07) is 2.90. The summed E-state index contributed by atoms with van der Waals surface area (Å²) in [5.74, 6) is 0. The van der Waals surface area contributed by atoms with Gasteiger partial charge < -0.3 is 10.1 Å². The van der Waals surface area contributed by atoms with E-state index in [0.717, 1.165) is 25.0 Å². The van der Waals surface area contributed by atoms with Gasteiger partial charge in [0.2, 0.25) is 10.0 Å². The first-order valence-electron chi connectivity index (χ1n) is 9.35. The van der Waals surface area contributed by atoms with Crippen LogP contribution in [0.3, 0.4) is 0 Å². The van der Waals surface area contributed by atoms with Gasteiger partial charge in [0.05, 0.1) is 27.9 Å². The monoisotopic (exact) mass is 461 g/mol. The second-order valence-corrected chi connectivity index (χ2v) is 10.1. The van der Waals surface area contributed by atoms with E-state index in [-0.39, 0.29) is 27.5 Å². The minimum Gasteiger partial charge on any atom is -0.377 e. The lowest BCUT2D eigenvalue weighted by Gasteiger charge is -2.33. The van der Waals surface area contributed by atoms with E-state index < -0.39 is 15.6 Å². The van der Waals surface area contributed by atoms with E-state index in [9.17, 15) is 8.42 Å². The fourth-order valence-electron chi connectivity index (χ4n) is 3.24. The first-order valence-corrected chi connectivity index (χ1v) is 11.6. The quantitative estimate of drug-likeness (QED) is 0.654. The number of ether oxygens (including phenoxy) is 1. The first-order chi connectivity index (χ1) is 13.6. The van der Waals surface area contributed by atoms with Gasteiger partial charge in [-0.05, 0) is 45.2 Å². The van der Waals surface area contributed by atoms with Crippen LogP contribution in [0.1, 0.15) is 44.8 Å². The van der Waals surface area contributed by atoms with E-state index in [1.54, 1.807) is 17.9 Å². The fraction of sp³-hybridized carbons (Fsp3) is 0.556. The van der Waals surface area contributed by atoms with Crippen LogP contribution in [-0.4, -0.2) is 42.2 Å². The molecule has 8 nitrogen and oxygen atoms in total. The number of hydrogen-bond donors (Lipinski definition) is 2. The summed E-state index contributed by atoms with van der Waals surface area (Å²) in [5.41, 5.74) is 0.788. The molecule has 1 saturated heterocycles. The molecule has 0 bridgehead atoms. The smallest absolute Gasteiger partial charge is 0.243 e. The molecule has 0 spiro atoms. The van der Waals surface area contributed by atoms with Gasteiger partial charge in [-0.2, -0.15) is 0 Å². The lowest BCUT2D eigenvalue weighted by molar-refractivity contribution is -0.0601. The number of hydrogen-bond acceptors (Lipinski definition) is 6. The van der Waals surface area contributed by atoms with Gasteiger partial charge in [-0.15, -0.1) is 5.10 Å². The van der Waals surface area contributed by atoms with Crippen molar-refractivity contribution in [1.29, 1.82) is 0 Å². The Morgan fingerprint density at radius 1 is 1.31 bits per heavy atom. The SMILES string of the molecule is CC(Nc1cc(Cl)c(S(=O)(=O)NCC2(C)CCCCO2)c(Cl)c1)c1cn(C)nn1. The number of rotatable bonds is 7. The van der Waals surface area contributed by atoms with Gasteiger partial charge in [0.15, 0.2) is 0 Å². The third kappa shape index (κ3) is 5.40. The van der Waals surface area contributed by atoms with Crippen molar-refractivity contribution in [3.05, 3.63) is 34.1 Å². The maximum absolute atomic E-state index is 12.8. The Labute approximate surface area is 181 Å². The topological polar surface area (TPSA) is 98.1 Å². The Morgan fingerprint density at radius 3 is 2.55 bits per heavy atom. The van der Waals surface area contributed by atoms with E-state index in [4.69, 9.17) is 27.9 Å². The summed E-state index contributed by atoms with van der Waals surface area (Å²) < 4.78 is 35.6. The zero-order valence-electron chi connectivity index (χ0n) is 16.6. The molecule has 3 rings (SSSR count). The molecule has 0 radical (unpaired) electrons. The van der Waals surface area contributed by atoms with Crippen LogP contribution in [0.4, 0.5) is 5.69 Å². The molecule has 160 valence electrons. The van der Waals surface area contributed by atoms with Crippen molar-refractivity contribution in [3.63, 3.8) is 0 Å². The van der Waals surface area contributed by atoms with E-state index in [0.29, 0.717) is 12.3 Å². The van der Waals surface area contributed by atoms with Crippen molar-refractivity contribution in [2.24, 2.45) is 7.05 Å². The Bertz CT molecular complexity index is 951. The summed E-state index contributed by atoms with van der Waals surface area (Å²) >= 11 is 12.6. The molecule has 11 heteroatoms. The second-order valence-electron chi connectivity index (χ2n) is 7.53. The number of sulfonamides is 1. The fourth-order valence-corrected chi connectivity index (χ4v) is 5.61. The highest BCUT2D eigenvalue weighted by Crippen LogP contribution is 2.34. The van der Waals surface area contributed by atoms with Gasteiger partial charge in [0.25, 0.3) is 0 Å². The maximum atomic E-state index is 12.8. The minimum atomic E-state index is -3.90. The molecule has 0 aliphatic carbocycles. The third-order valence-corrected chi connectivity index (χ3v) is 7.22. The van der Waals surface area contributed by atoms with Crippen LogP contribution in [0.25, 0.3) is 0 Å². The minimum absolute atomic E-state index is 0.0357. The molecule has 1 aromatic heterocycles. The number of anilines is 1. The van der Waals surface area contributed by atoms with Gasteiger partial charge in [0, 0.05) is 25.9 Å². The lowest BCUT2D eigenvalue weighted by atomic mass is 9.96. The van der Waals surface area contributed by atoms with Crippen molar-refractivity contribution < 1.29 is 13.2 Å². The number of benzene rings is 1. The number of aryl methyl sites for hydroxylation is 1. The van der Waals surface area contributed by atoms with Crippen LogP contribution in [0.5, 0.6) is 0 Å². The molecule has 2 unspecified atom stereocenters.